The van der Waals surface area contributed by atoms with E-state index >= 15 is 0 Å². The second-order valence-corrected chi connectivity index (χ2v) is 4.20. The molecule has 2 N–H and O–H groups in total. The average Bonchev–Trinajstić information content (AvgIpc) is 2.63. The Balaban J connectivity index is 2.21. The summed E-state index contributed by atoms with van der Waals surface area (Å²) in [6.45, 7) is 0.461. The van der Waals surface area contributed by atoms with Crippen molar-refractivity contribution in [3.8, 4) is 0 Å². The predicted octanol–water partition coefficient (Wildman–Crippen LogP) is 1.55. The normalized spacial score (nSPS) is 18.9. The highest BCUT2D eigenvalue weighted by molar-refractivity contribution is 6.31. The van der Waals surface area contributed by atoms with E-state index in [1.807, 2.05) is 0 Å². The van der Waals surface area contributed by atoms with Crippen molar-refractivity contribution >= 4 is 28.9 Å². The first-order valence-electron chi connectivity index (χ1n) is 5.03. The van der Waals surface area contributed by atoms with Gasteiger partial charge in [0.05, 0.1) is 11.0 Å². The van der Waals surface area contributed by atoms with Gasteiger partial charge in [-0.3, -0.25) is 14.9 Å². The Morgan fingerprint density at radius 2 is 2.29 bits per heavy atom. The summed E-state index contributed by atoms with van der Waals surface area (Å²) in [7, 11) is 0. The second-order valence-electron chi connectivity index (χ2n) is 3.77. The van der Waals surface area contributed by atoms with Gasteiger partial charge in [-0.15, -0.1) is 0 Å². The van der Waals surface area contributed by atoms with Crippen LogP contribution in [0.5, 0.6) is 0 Å². The van der Waals surface area contributed by atoms with Crippen molar-refractivity contribution in [1.82, 2.24) is 5.32 Å². The Morgan fingerprint density at radius 3 is 2.88 bits per heavy atom. The zero-order valence-corrected chi connectivity index (χ0v) is 9.53. The molecule has 0 bridgehead atoms. The third-order valence-electron chi connectivity index (χ3n) is 2.49. The molecule has 1 aromatic carbocycles. The number of rotatable bonds is 3. The number of nitro benzene ring substituents is 1. The van der Waals surface area contributed by atoms with Gasteiger partial charge in [-0.1, -0.05) is 11.6 Å². The van der Waals surface area contributed by atoms with Crippen LogP contribution in [0.15, 0.2) is 18.2 Å². The van der Waals surface area contributed by atoms with E-state index in [4.69, 9.17) is 11.6 Å². The summed E-state index contributed by atoms with van der Waals surface area (Å²) in [5, 5.41) is 16.8. The maximum absolute atomic E-state index is 11.0. The number of halogens is 1. The van der Waals surface area contributed by atoms with Crippen molar-refractivity contribution in [2.75, 3.05) is 11.9 Å². The molecule has 7 heteroatoms. The van der Waals surface area contributed by atoms with E-state index in [0.717, 1.165) is 0 Å². The summed E-state index contributed by atoms with van der Waals surface area (Å²) in [6, 6.07) is 4.15. The molecule has 0 saturated carbocycles. The molecular formula is C10H10ClN3O3. The SMILES string of the molecule is O=C1CC(Nc2cc(Cl)ccc2[N+](=O)[O-])CN1. The minimum atomic E-state index is -0.483. The molecule has 0 spiro atoms. The van der Waals surface area contributed by atoms with Crippen molar-refractivity contribution < 1.29 is 9.72 Å². The lowest BCUT2D eigenvalue weighted by atomic mass is 10.2. The van der Waals surface area contributed by atoms with Crippen molar-refractivity contribution in [3.63, 3.8) is 0 Å². The van der Waals surface area contributed by atoms with E-state index in [9.17, 15) is 14.9 Å². The largest absolute Gasteiger partial charge is 0.374 e. The molecule has 1 atom stereocenters. The lowest BCUT2D eigenvalue weighted by Gasteiger charge is -2.12. The van der Waals surface area contributed by atoms with Gasteiger partial charge in [-0.2, -0.15) is 0 Å². The highest BCUT2D eigenvalue weighted by Gasteiger charge is 2.24. The van der Waals surface area contributed by atoms with Crippen LogP contribution in [0.25, 0.3) is 0 Å². The van der Waals surface area contributed by atoms with Crippen LogP contribution < -0.4 is 10.6 Å². The van der Waals surface area contributed by atoms with E-state index in [-0.39, 0.29) is 17.6 Å². The molecular weight excluding hydrogens is 246 g/mol. The smallest absolute Gasteiger partial charge is 0.292 e. The molecule has 0 radical (unpaired) electrons. The van der Waals surface area contributed by atoms with Crippen LogP contribution >= 0.6 is 11.6 Å². The average molecular weight is 256 g/mol. The molecule has 1 fully saturated rings. The topological polar surface area (TPSA) is 84.3 Å². The van der Waals surface area contributed by atoms with Crippen LogP contribution in [0.3, 0.4) is 0 Å². The summed E-state index contributed by atoms with van der Waals surface area (Å²) < 4.78 is 0. The van der Waals surface area contributed by atoms with Gasteiger partial charge in [-0.05, 0) is 12.1 Å². The maximum Gasteiger partial charge on any atom is 0.292 e. The van der Waals surface area contributed by atoms with Crippen molar-refractivity contribution in [3.05, 3.63) is 33.3 Å². The second kappa shape index (κ2) is 4.58. The number of benzene rings is 1. The number of nitrogens with zero attached hydrogens (tertiary/aromatic N) is 1. The number of amides is 1. The van der Waals surface area contributed by atoms with Gasteiger partial charge in [0.1, 0.15) is 5.69 Å². The van der Waals surface area contributed by atoms with Gasteiger partial charge in [-0.25, -0.2) is 0 Å². The van der Waals surface area contributed by atoms with Gasteiger partial charge in [0.2, 0.25) is 5.91 Å². The number of hydrogen-bond donors (Lipinski definition) is 2. The molecule has 2 rings (SSSR count). The highest BCUT2D eigenvalue weighted by Crippen LogP contribution is 2.28. The van der Waals surface area contributed by atoms with Gasteiger partial charge in [0.15, 0.2) is 0 Å². The van der Waals surface area contributed by atoms with Crippen LogP contribution in [-0.2, 0) is 4.79 Å². The molecule has 1 aromatic rings. The molecule has 1 saturated heterocycles. The zero-order chi connectivity index (χ0) is 12.4. The summed E-state index contributed by atoms with van der Waals surface area (Å²) in [6.07, 6.45) is 0.309. The first kappa shape index (κ1) is 11.7. The quantitative estimate of drug-likeness (QED) is 0.634. The number of carbonyl (C=O) groups is 1. The van der Waals surface area contributed by atoms with Gasteiger partial charge >= 0.3 is 0 Å². The molecule has 1 aliphatic rings. The van der Waals surface area contributed by atoms with Gasteiger partial charge in [0, 0.05) is 24.1 Å². The zero-order valence-electron chi connectivity index (χ0n) is 8.77. The fourth-order valence-corrected chi connectivity index (χ4v) is 1.88. The molecule has 0 aliphatic carbocycles. The Morgan fingerprint density at radius 1 is 1.53 bits per heavy atom. The standard InChI is InChI=1S/C10H10ClN3O3/c11-6-1-2-9(14(16)17)8(3-6)13-7-4-10(15)12-5-7/h1-3,7,13H,4-5H2,(H,12,15). The lowest BCUT2D eigenvalue weighted by molar-refractivity contribution is -0.384. The third kappa shape index (κ3) is 2.65. The Hall–Kier alpha value is -1.82. The highest BCUT2D eigenvalue weighted by atomic mass is 35.5. The number of nitro groups is 1. The van der Waals surface area contributed by atoms with Crippen LogP contribution in [0, 0.1) is 10.1 Å². The van der Waals surface area contributed by atoms with Crippen molar-refractivity contribution in [2.45, 2.75) is 12.5 Å². The molecule has 1 aliphatic heterocycles. The Bertz CT molecular complexity index is 478. The summed E-state index contributed by atoms with van der Waals surface area (Å²) in [4.78, 5) is 21.3. The van der Waals surface area contributed by atoms with Crippen LogP contribution in [0.4, 0.5) is 11.4 Å². The van der Waals surface area contributed by atoms with Crippen LogP contribution in [-0.4, -0.2) is 23.4 Å². The van der Waals surface area contributed by atoms with E-state index < -0.39 is 4.92 Å². The van der Waals surface area contributed by atoms with E-state index in [0.29, 0.717) is 23.7 Å². The first-order chi connectivity index (χ1) is 8.06. The van der Waals surface area contributed by atoms with Crippen LogP contribution in [0.1, 0.15) is 6.42 Å². The Labute approximate surface area is 102 Å². The lowest BCUT2D eigenvalue weighted by Crippen LogP contribution is -2.22. The van der Waals surface area contributed by atoms with Gasteiger partial charge in [0.25, 0.3) is 5.69 Å². The molecule has 1 heterocycles. The summed E-state index contributed by atoms with van der Waals surface area (Å²) in [5.41, 5.74) is 0.290. The van der Waals surface area contributed by atoms with Crippen LogP contribution in [0.2, 0.25) is 5.02 Å². The minimum Gasteiger partial charge on any atom is -0.374 e. The van der Waals surface area contributed by atoms with E-state index in [2.05, 4.69) is 10.6 Å². The first-order valence-corrected chi connectivity index (χ1v) is 5.41. The van der Waals surface area contributed by atoms with Crippen molar-refractivity contribution in [2.24, 2.45) is 0 Å². The molecule has 1 unspecified atom stereocenters. The number of hydrogen-bond acceptors (Lipinski definition) is 4. The maximum atomic E-state index is 11.0. The van der Waals surface area contributed by atoms with E-state index in [1.165, 1.54) is 18.2 Å². The van der Waals surface area contributed by atoms with Crippen molar-refractivity contribution in [1.29, 1.82) is 0 Å². The summed E-state index contributed by atoms with van der Waals surface area (Å²) >= 11 is 5.79. The molecule has 0 aromatic heterocycles. The summed E-state index contributed by atoms with van der Waals surface area (Å²) in [5.74, 6) is -0.0628. The fraction of sp³-hybridized carbons (Fsp3) is 0.300. The molecule has 17 heavy (non-hydrogen) atoms. The third-order valence-corrected chi connectivity index (χ3v) is 2.73. The molecule has 6 nitrogen and oxygen atoms in total. The predicted molar refractivity (Wildman–Crippen MR) is 63.1 cm³/mol. The Kier molecular flexibility index (Phi) is 3.14. The number of carbonyl (C=O) groups excluding carboxylic acids is 1. The monoisotopic (exact) mass is 255 g/mol. The fourth-order valence-electron chi connectivity index (χ4n) is 1.71. The van der Waals surface area contributed by atoms with Gasteiger partial charge < -0.3 is 10.6 Å². The molecule has 90 valence electrons. The number of anilines is 1. The molecule has 1 amide bonds. The van der Waals surface area contributed by atoms with E-state index in [1.54, 1.807) is 0 Å². The number of nitrogens with one attached hydrogen (secondary N) is 2. The minimum absolute atomic E-state index is 0.0475.